The number of nitrogens with one attached hydrogen (secondary N) is 2. The number of carboxylic acids is 2. The van der Waals surface area contributed by atoms with Crippen molar-refractivity contribution in [3.63, 3.8) is 0 Å². The lowest BCUT2D eigenvalue weighted by atomic mass is 10.1. The van der Waals surface area contributed by atoms with E-state index in [0.29, 0.717) is 10.7 Å². The van der Waals surface area contributed by atoms with E-state index < -0.39 is 24.0 Å². The van der Waals surface area contributed by atoms with Crippen molar-refractivity contribution in [2.45, 2.75) is 18.9 Å². The Labute approximate surface area is 119 Å². The van der Waals surface area contributed by atoms with Gasteiger partial charge in [-0.1, -0.05) is 23.7 Å². The molecule has 108 valence electrons. The molecule has 0 unspecified atom stereocenters. The summed E-state index contributed by atoms with van der Waals surface area (Å²) in [4.78, 5) is 32.9. The number of hydrogen-bond donors (Lipinski definition) is 4. The minimum absolute atomic E-state index is 0.208. The standard InChI is InChI=1S/C12H13ClN2O5/c13-7-3-1-2-4-8(7)14-12(20)15-9(11(18)19)5-6-10(16)17/h1-4,9H,5-6H2,(H,16,17)(H,18,19)(H2,14,15,20)/t9-/m0/s1. The molecule has 0 aliphatic carbocycles. The van der Waals surface area contributed by atoms with Crippen molar-refractivity contribution < 1.29 is 24.6 Å². The van der Waals surface area contributed by atoms with E-state index in [1.807, 2.05) is 0 Å². The highest BCUT2D eigenvalue weighted by Crippen LogP contribution is 2.20. The number of urea groups is 1. The molecule has 0 saturated carbocycles. The number of para-hydroxylation sites is 1. The smallest absolute Gasteiger partial charge is 0.326 e. The van der Waals surface area contributed by atoms with Gasteiger partial charge in [-0.25, -0.2) is 9.59 Å². The number of hydrogen-bond acceptors (Lipinski definition) is 3. The highest BCUT2D eigenvalue weighted by atomic mass is 35.5. The number of amides is 2. The molecule has 8 heteroatoms. The first-order valence-electron chi connectivity index (χ1n) is 5.67. The number of anilines is 1. The average molecular weight is 301 g/mol. The van der Waals surface area contributed by atoms with Gasteiger partial charge in [-0.2, -0.15) is 0 Å². The Bertz CT molecular complexity index is 520. The molecule has 4 N–H and O–H groups in total. The topological polar surface area (TPSA) is 116 Å². The summed E-state index contributed by atoms with van der Waals surface area (Å²) in [5.74, 6) is -2.44. The van der Waals surface area contributed by atoms with Gasteiger partial charge in [-0.05, 0) is 18.6 Å². The van der Waals surface area contributed by atoms with Crippen molar-refractivity contribution in [1.29, 1.82) is 0 Å². The molecule has 1 aromatic rings. The van der Waals surface area contributed by atoms with Crippen LogP contribution in [0.15, 0.2) is 24.3 Å². The lowest BCUT2D eigenvalue weighted by Crippen LogP contribution is -2.43. The van der Waals surface area contributed by atoms with E-state index in [0.717, 1.165) is 0 Å². The molecule has 7 nitrogen and oxygen atoms in total. The van der Waals surface area contributed by atoms with E-state index in [1.54, 1.807) is 24.3 Å². The van der Waals surface area contributed by atoms with Gasteiger partial charge in [0.15, 0.2) is 0 Å². The number of halogens is 1. The molecule has 0 saturated heterocycles. The van der Waals surface area contributed by atoms with E-state index in [4.69, 9.17) is 21.8 Å². The molecule has 20 heavy (non-hydrogen) atoms. The van der Waals surface area contributed by atoms with Gasteiger partial charge in [0.2, 0.25) is 0 Å². The maximum atomic E-state index is 11.6. The lowest BCUT2D eigenvalue weighted by molar-refractivity contribution is -0.140. The quantitative estimate of drug-likeness (QED) is 0.639. The van der Waals surface area contributed by atoms with E-state index in [9.17, 15) is 14.4 Å². The summed E-state index contributed by atoms with van der Waals surface area (Å²) < 4.78 is 0. The second-order valence-corrected chi connectivity index (χ2v) is 4.31. The predicted octanol–water partition coefficient (Wildman–Crippen LogP) is 1.78. The Morgan fingerprint density at radius 1 is 1.20 bits per heavy atom. The van der Waals surface area contributed by atoms with Gasteiger partial charge in [0, 0.05) is 6.42 Å². The minimum atomic E-state index is -1.31. The zero-order valence-electron chi connectivity index (χ0n) is 10.3. The SMILES string of the molecule is O=C(O)CC[C@H](NC(=O)Nc1ccccc1Cl)C(=O)O. The zero-order chi connectivity index (χ0) is 15.1. The predicted molar refractivity (Wildman–Crippen MR) is 71.9 cm³/mol. The van der Waals surface area contributed by atoms with Gasteiger partial charge in [-0.3, -0.25) is 4.79 Å². The van der Waals surface area contributed by atoms with E-state index in [2.05, 4.69) is 10.6 Å². The molecular weight excluding hydrogens is 288 g/mol. The monoisotopic (exact) mass is 300 g/mol. The van der Waals surface area contributed by atoms with Crippen molar-refractivity contribution in [2.24, 2.45) is 0 Å². The number of carbonyl (C=O) groups excluding carboxylic acids is 1. The van der Waals surface area contributed by atoms with Crippen LogP contribution in [0.4, 0.5) is 10.5 Å². The molecule has 0 radical (unpaired) electrons. The first-order chi connectivity index (χ1) is 9.40. The molecule has 0 aliphatic heterocycles. The number of carbonyl (C=O) groups is 3. The molecular formula is C12H13ClN2O5. The summed E-state index contributed by atoms with van der Waals surface area (Å²) in [6.45, 7) is 0. The Kier molecular flexibility index (Phi) is 5.79. The van der Waals surface area contributed by atoms with Crippen LogP contribution >= 0.6 is 11.6 Å². The summed E-state index contributed by atoms with van der Waals surface area (Å²) in [5.41, 5.74) is 0.328. The summed E-state index contributed by atoms with van der Waals surface area (Å²) >= 11 is 5.83. The molecule has 0 heterocycles. The Hall–Kier alpha value is -2.28. The van der Waals surface area contributed by atoms with Crippen molar-refractivity contribution in [3.05, 3.63) is 29.3 Å². The number of rotatable bonds is 6. The second-order valence-electron chi connectivity index (χ2n) is 3.90. The Balaban J connectivity index is 2.60. The largest absolute Gasteiger partial charge is 0.481 e. The maximum absolute atomic E-state index is 11.6. The summed E-state index contributed by atoms with van der Waals surface area (Å²) in [5, 5.41) is 22.3. The van der Waals surface area contributed by atoms with E-state index in [1.165, 1.54) is 0 Å². The molecule has 1 rings (SSSR count). The lowest BCUT2D eigenvalue weighted by Gasteiger charge is -2.14. The second kappa shape index (κ2) is 7.34. The van der Waals surface area contributed by atoms with Crippen LogP contribution in [-0.2, 0) is 9.59 Å². The molecule has 0 spiro atoms. The van der Waals surface area contributed by atoms with Gasteiger partial charge in [0.05, 0.1) is 10.7 Å². The average Bonchev–Trinajstić information content (AvgIpc) is 2.36. The minimum Gasteiger partial charge on any atom is -0.481 e. The first kappa shape index (κ1) is 15.8. The van der Waals surface area contributed by atoms with Crippen molar-refractivity contribution in [2.75, 3.05) is 5.32 Å². The fourth-order valence-corrected chi connectivity index (χ4v) is 1.59. The van der Waals surface area contributed by atoms with Crippen molar-refractivity contribution in [1.82, 2.24) is 5.32 Å². The third-order valence-electron chi connectivity index (χ3n) is 2.37. The van der Waals surface area contributed by atoms with Crippen LogP contribution in [-0.4, -0.2) is 34.2 Å². The maximum Gasteiger partial charge on any atom is 0.326 e. The van der Waals surface area contributed by atoms with Crippen LogP contribution in [0.25, 0.3) is 0 Å². The number of aliphatic carboxylic acids is 2. The number of benzene rings is 1. The molecule has 1 atom stereocenters. The molecule has 1 aromatic carbocycles. The van der Waals surface area contributed by atoms with Gasteiger partial charge in [0.25, 0.3) is 0 Å². The number of carboxylic acid groups (broad SMARTS) is 2. The van der Waals surface area contributed by atoms with Crippen LogP contribution < -0.4 is 10.6 Å². The zero-order valence-corrected chi connectivity index (χ0v) is 11.1. The van der Waals surface area contributed by atoms with E-state index >= 15 is 0 Å². The van der Waals surface area contributed by atoms with Crippen LogP contribution in [0.3, 0.4) is 0 Å². The van der Waals surface area contributed by atoms with Gasteiger partial charge in [0.1, 0.15) is 6.04 Å². The molecule has 2 amide bonds. The van der Waals surface area contributed by atoms with Gasteiger partial charge < -0.3 is 20.8 Å². The third kappa shape index (κ3) is 5.15. The van der Waals surface area contributed by atoms with Gasteiger partial charge in [-0.15, -0.1) is 0 Å². The van der Waals surface area contributed by atoms with Crippen LogP contribution in [0.5, 0.6) is 0 Å². The Morgan fingerprint density at radius 3 is 2.40 bits per heavy atom. The van der Waals surface area contributed by atoms with Crippen LogP contribution in [0.2, 0.25) is 5.02 Å². The molecule has 0 bridgehead atoms. The third-order valence-corrected chi connectivity index (χ3v) is 2.70. The first-order valence-corrected chi connectivity index (χ1v) is 6.04. The van der Waals surface area contributed by atoms with Crippen LogP contribution in [0, 0.1) is 0 Å². The summed E-state index contributed by atoms with van der Waals surface area (Å²) in [6.07, 6.45) is -0.566. The molecule has 0 aromatic heterocycles. The van der Waals surface area contributed by atoms with Crippen molar-refractivity contribution in [3.8, 4) is 0 Å². The molecule has 0 aliphatic rings. The van der Waals surface area contributed by atoms with E-state index in [-0.39, 0.29) is 12.8 Å². The summed E-state index contributed by atoms with van der Waals surface area (Å²) in [6, 6.07) is 4.40. The van der Waals surface area contributed by atoms with Crippen molar-refractivity contribution >= 4 is 35.3 Å². The fraction of sp³-hybridized carbons (Fsp3) is 0.250. The summed E-state index contributed by atoms with van der Waals surface area (Å²) in [7, 11) is 0. The van der Waals surface area contributed by atoms with Crippen LogP contribution in [0.1, 0.15) is 12.8 Å². The normalized spacial score (nSPS) is 11.4. The Morgan fingerprint density at radius 2 is 1.85 bits per heavy atom. The highest BCUT2D eigenvalue weighted by Gasteiger charge is 2.21. The fourth-order valence-electron chi connectivity index (χ4n) is 1.40. The van der Waals surface area contributed by atoms with Gasteiger partial charge >= 0.3 is 18.0 Å². The highest BCUT2D eigenvalue weighted by molar-refractivity contribution is 6.33. The molecule has 0 fully saturated rings.